The van der Waals surface area contributed by atoms with E-state index in [0.717, 1.165) is 15.8 Å². The van der Waals surface area contributed by atoms with E-state index >= 15 is 0 Å². The Bertz CT molecular complexity index is 1190. The van der Waals surface area contributed by atoms with Gasteiger partial charge in [-0.05, 0) is 49.2 Å². The van der Waals surface area contributed by atoms with E-state index in [0.29, 0.717) is 22.0 Å². The smallest absolute Gasteiger partial charge is 0.291 e. The molecule has 1 aromatic heterocycles. The number of benzene rings is 2. The number of nitrogens with one attached hydrogen (secondary N) is 2. The summed E-state index contributed by atoms with van der Waals surface area (Å²) in [6.45, 7) is 5.20. The van der Waals surface area contributed by atoms with Crippen LogP contribution in [0.3, 0.4) is 0 Å². The summed E-state index contributed by atoms with van der Waals surface area (Å²) in [5.41, 5.74) is 3.21. The Morgan fingerprint density at radius 3 is 2.32 bits per heavy atom. The third-order valence-electron chi connectivity index (χ3n) is 4.67. The van der Waals surface area contributed by atoms with Gasteiger partial charge in [-0.3, -0.25) is 14.4 Å². The number of amides is 2. The van der Waals surface area contributed by atoms with E-state index in [4.69, 9.17) is 11.6 Å². The molecule has 0 fully saturated rings. The summed E-state index contributed by atoms with van der Waals surface area (Å²) in [4.78, 5) is 37.4. The van der Waals surface area contributed by atoms with Crippen LogP contribution in [0.15, 0.2) is 53.3 Å². The van der Waals surface area contributed by atoms with E-state index in [1.165, 1.54) is 6.07 Å². The predicted molar refractivity (Wildman–Crippen MR) is 122 cm³/mol. The van der Waals surface area contributed by atoms with Crippen LogP contribution in [0.4, 0.5) is 11.4 Å². The molecule has 0 aliphatic rings. The number of aryl methyl sites for hydroxylation is 2. The molecule has 0 radical (unpaired) electrons. The van der Waals surface area contributed by atoms with Crippen molar-refractivity contribution < 1.29 is 9.59 Å². The Labute approximate surface area is 185 Å². The van der Waals surface area contributed by atoms with Gasteiger partial charge in [0.05, 0.1) is 5.69 Å². The van der Waals surface area contributed by atoms with Gasteiger partial charge in [-0.1, -0.05) is 42.8 Å². The molecule has 0 aliphatic carbocycles. The number of halogens is 1. The lowest BCUT2D eigenvalue weighted by Gasteiger charge is -2.13. The lowest BCUT2D eigenvalue weighted by molar-refractivity contribution is -0.117. The summed E-state index contributed by atoms with van der Waals surface area (Å²) >= 11 is 5.96. The van der Waals surface area contributed by atoms with Crippen molar-refractivity contribution in [1.82, 2.24) is 9.78 Å². The van der Waals surface area contributed by atoms with Gasteiger partial charge in [0.1, 0.15) is 12.2 Å². The van der Waals surface area contributed by atoms with E-state index in [1.807, 2.05) is 32.0 Å². The molecule has 2 aromatic carbocycles. The molecule has 0 bridgehead atoms. The second-order valence-corrected chi connectivity index (χ2v) is 7.62. The van der Waals surface area contributed by atoms with E-state index in [9.17, 15) is 14.4 Å². The SMILES string of the molecule is CCC(=O)Nc1cc(-c2ccc(Cl)cc2)nn(CC(=O)Nc2cc(C)ccc2C)c1=O. The zero-order valence-electron chi connectivity index (χ0n) is 17.5. The zero-order valence-corrected chi connectivity index (χ0v) is 18.3. The molecule has 0 spiro atoms. The van der Waals surface area contributed by atoms with Crippen LogP contribution in [-0.2, 0) is 16.1 Å². The molecule has 7 nitrogen and oxygen atoms in total. The molecule has 160 valence electrons. The van der Waals surface area contributed by atoms with E-state index in [1.54, 1.807) is 31.2 Å². The molecule has 1 heterocycles. The minimum Gasteiger partial charge on any atom is -0.324 e. The van der Waals surface area contributed by atoms with Gasteiger partial charge in [-0.15, -0.1) is 0 Å². The van der Waals surface area contributed by atoms with Gasteiger partial charge in [-0.25, -0.2) is 4.68 Å². The first-order valence-corrected chi connectivity index (χ1v) is 10.2. The molecular weight excluding hydrogens is 416 g/mol. The second-order valence-electron chi connectivity index (χ2n) is 7.18. The van der Waals surface area contributed by atoms with Crippen LogP contribution in [0.1, 0.15) is 24.5 Å². The third kappa shape index (κ3) is 5.58. The van der Waals surface area contributed by atoms with Crippen LogP contribution < -0.4 is 16.2 Å². The Morgan fingerprint density at radius 2 is 1.65 bits per heavy atom. The lowest BCUT2D eigenvalue weighted by atomic mass is 10.1. The van der Waals surface area contributed by atoms with Crippen LogP contribution in [0.2, 0.25) is 5.02 Å². The van der Waals surface area contributed by atoms with Crippen molar-refractivity contribution in [2.24, 2.45) is 0 Å². The summed E-state index contributed by atoms with van der Waals surface area (Å²) < 4.78 is 1.05. The summed E-state index contributed by atoms with van der Waals surface area (Å²) in [5, 5.41) is 10.3. The first-order valence-electron chi connectivity index (χ1n) is 9.82. The van der Waals surface area contributed by atoms with Gasteiger partial charge < -0.3 is 10.6 Å². The minimum absolute atomic E-state index is 0.0614. The number of anilines is 2. The van der Waals surface area contributed by atoms with E-state index in [2.05, 4.69) is 15.7 Å². The normalized spacial score (nSPS) is 10.6. The number of carbonyl (C=O) groups excluding carboxylic acids is 2. The highest BCUT2D eigenvalue weighted by Crippen LogP contribution is 2.21. The van der Waals surface area contributed by atoms with Gasteiger partial charge in [0.25, 0.3) is 5.56 Å². The van der Waals surface area contributed by atoms with Gasteiger partial charge in [-0.2, -0.15) is 5.10 Å². The number of hydrogen-bond donors (Lipinski definition) is 2. The topological polar surface area (TPSA) is 93.1 Å². The molecule has 3 aromatic rings. The monoisotopic (exact) mass is 438 g/mol. The molecule has 2 amide bonds. The van der Waals surface area contributed by atoms with Crippen LogP contribution >= 0.6 is 11.6 Å². The Kier molecular flexibility index (Phi) is 6.87. The van der Waals surface area contributed by atoms with Crippen LogP contribution in [0.25, 0.3) is 11.3 Å². The van der Waals surface area contributed by atoms with Crippen molar-refractivity contribution >= 4 is 34.8 Å². The standard InChI is InChI=1S/C23H23ClN4O3/c1-4-21(29)26-20-12-19(16-7-9-17(24)10-8-16)27-28(23(20)31)13-22(30)25-18-11-14(2)5-6-15(18)3/h5-12H,4,13H2,1-3H3,(H,25,30)(H,26,29). The molecule has 0 saturated heterocycles. The largest absolute Gasteiger partial charge is 0.324 e. The van der Waals surface area contributed by atoms with Crippen molar-refractivity contribution in [2.75, 3.05) is 10.6 Å². The maximum Gasteiger partial charge on any atom is 0.291 e. The fourth-order valence-corrected chi connectivity index (χ4v) is 3.06. The number of rotatable bonds is 6. The van der Waals surface area contributed by atoms with Crippen molar-refractivity contribution in [3.63, 3.8) is 0 Å². The fourth-order valence-electron chi connectivity index (χ4n) is 2.94. The Balaban J connectivity index is 1.96. The molecule has 3 rings (SSSR count). The molecule has 0 saturated carbocycles. The zero-order chi connectivity index (χ0) is 22.5. The summed E-state index contributed by atoms with van der Waals surface area (Å²) in [7, 11) is 0. The highest BCUT2D eigenvalue weighted by atomic mass is 35.5. The molecule has 0 atom stereocenters. The quantitative estimate of drug-likeness (QED) is 0.604. The van der Waals surface area contributed by atoms with Gasteiger partial charge in [0.15, 0.2) is 0 Å². The Hall–Kier alpha value is -3.45. The molecule has 0 unspecified atom stereocenters. The van der Waals surface area contributed by atoms with Crippen molar-refractivity contribution in [3.05, 3.63) is 75.0 Å². The molecule has 2 N–H and O–H groups in total. The molecule has 8 heteroatoms. The first-order chi connectivity index (χ1) is 14.8. The Morgan fingerprint density at radius 1 is 0.968 bits per heavy atom. The van der Waals surface area contributed by atoms with Gasteiger partial charge in [0, 0.05) is 22.7 Å². The van der Waals surface area contributed by atoms with Gasteiger partial charge >= 0.3 is 0 Å². The van der Waals surface area contributed by atoms with E-state index < -0.39 is 11.5 Å². The highest BCUT2D eigenvalue weighted by molar-refractivity contribution is 6.30. The summed E-state index contributed by atoms with van der Waals surface area (Å²) in [5.74, 6) is -0.707. The van der Waals surface area contributed by atoms with Crippen molar-refractivity contribution in [1.29, 1.82) is 0 Å². The highest BCUT2D eigenvalue weighted by Gasteiger charge is 2.15. The first kappa shape index (κ1) is 22.2. The maximum atomic E-state index is 12.9. The van der Waals surface area contributed by atoms with Crippen LogP contribution in [0, 0.1) is 13.8 Å². The number of hydrogen-bond acceptors (Lipinski definition) is 4. The molecular formula is C23H23ClN4O3. The minimum atomic E-state index is -0.560. The second kappa shape index (κ2) is 9.57. The molecule has 31 heavy (non-hydrogen) atoms. The van der Waals surface area contributed by atoms with Crippen LogP contribution in [0.5, 0.6) is 0 Å². The lowest BCUT2D eigenvalue weighted by Crippen LogP contribution is -2.32. The van der Waals surface area contributed by atoms with Gasteiger partial charge in [0.2, 0.25) is 11.8 Å². The summed E-state index contributed by atoms with van der Waals surface area (Å²) in [6, 6.07) is 14.1. The fraction of sp³-hybridized carbons (Fsp3) is 0.217. The number of aromatic nitrogens is 2. The van der Waals surface area contributed by atoms with E-state index in [-0.39, 0.29) is 24.6 Å². The van der Waals surface area contributed by atoms with Crippen LogP contribution in [-0.4, -0.2) is 21.6 Å². The maximum absolute atomic E-state index is 12.9. The van der Waals surface area contributed by atoms with Crippen molar-refractivity contribution in [2.45, 2.75) is 33.7 Å². The third-order valence-corrected chi connectivity index (χ3v) is 4.92. The average Bonchev–Trinajstić information content (AvgIpc) is 2.74. The average molecular weight is 439 g/mol. The summed E-state index contributed by atoms with van der Waals surface area (Å²) in [6.07, 6.45) is 0.213. The van der Waals surface area contributed by atoms with Crippen molar-refractivity contribution in [3.8, 4) is 11.3 Å². The number of carbonyl (C=O) groups is 2. The molecule has 0 aliphatic heterocycles. The predicted octanol–water partition coefficient (Wildman–Crippen LogP) is 4.17. The number of nitrogens with zero attached hydrogens (tertiary/aromatic N) is 2.